The highest BCUT2D eigenvalue weighted by Crippen LogP contribution is 2.33. The zero-order chi connectivity index (χ0) is 25.3. The number of anilines is 4. The van der Waals surface area contributed by atoms with Crippen molar-refractivity contribution < 1.29 is 13.9 Å². The van der Waals surface area contributed by atoms with Gasteiger partial charge in [0.15, 0.2) is 28.7 Å². The van der Waals surface area contributed by atoms with Gasteiger partial charge in [-0.2, -0.15) is 5.26 Å². The predicted octanol–water partition coefficient (Wildman–Crippen LogP) is 3.44. The van der Waals surface area contributed by atoms with E-state index in [-0.39, 0.29) is 33.9 Å². The van der Waals surface area contributed by atoms with Gasteiger partial charge in [0.25, 0.3) is 5.56 Å². The first-order valence-electron chi connectivity index (χ1n) is 10.5. The molecule has 3 aromatic heterocycles. The van der Waals surface area contributed by atoms with Gasteiger partial charge < -0.3 is 20.1 Å². The number of ether oxygens (including phenoxy) is 2. The van der Waals surface area contributed by atoms with Crippen LogP contribution in [0.25, 0.3) is 11.0 Å². The highest BCUT2D eigenvalue weighted by molar-refractivity contribution is 5.93. The van der Waals surface area contributed by atoms with Crippen molar-refractivity contribution in [3.63, 3.8) is 0 Å². The van der Waals surface area contributed by atoms with E-state index in [9.17, 15) is 14.4 Å². The zero-order valence-corrected chi connectivity index (χ0v) is 19.7. The Hall–Kier alpha value is -4.50. The van der Waals surface area contributed by atoms with Gasteiger partial charge >= 0.3 is 0 Å². The summed E-state index contributed by atoms with van der Waals surface area (Å²) in [4.78, 5) is 25.9. The summed E-state index contributed by atoms with van der Waals surface area (Å²) >= 11 is 0. The number of aromatic amines is 1. The van der Waals surface area contributed by atoms with E-state index >= 15 is 0 Å². The van der Waals surface area contributed by atoms with E-state index in [1.165, 1.54) is 37.2 Å². The van der Waals surface area contributed by atoms with Crippen molar-refractivity contribution in [2.45, 2.75) is 19.4 Å². The van der Waals surface area contributed by atoms with Gasteiger partial charge in [0.05, 0.1) is 24.7 Å². The van der Waals surface area contributed by atoms with E-state index in [0.29, 0.717) is 22.9 Å². The SMILES string of the molecule is COc1c(F)cccc1Nc1cc(Nc2cnc(C(C)(C)OC)c(C#N)n2)nc2[nH]n(C)c(=O)c12. The second kappa shape index (κ2) is 9.03. The molecule has 0 aliphatic rings. The van der Waals surface area contributed by atoms with Crippen molar-refractivity contribution in [2.24, 2.45) is 7.05 Å². The predicted molar refractivity (Wildman–Crippen MR) is 128 cm³/mol. The average Bonchev–Trinajstić information content (AvgIpc) is 3.12. The number of benzene rings is 1. The molecule has 12 heteroatoms. The maximum absolute atomic E-state index is 14.2. The van der Waals surface area contributed by atoms with E-state index in [0.717, 1.165) is 0 Å². The van der Waals surface area contributed by atoms with Crippen LogP contribution in [-0.4, -0.2) is 39.0 Å². The maximum atomic E-state index is 14.2. The molecule has 11 nitrogen and oxygen atoms in total. The third-order valence-electron chi connectivity index (χ3n) is 5.47. The molecule has 0 aliphatic heterocycles. The first kappa shape index (κ1) is 23.7. The fourth-order valence-electron chi connectivity index (χ4n) is 3.54. The minimum atomic E-state index is -0.807. The monoisotopic (exact) mass is 478 g/mol. The largest absolute Gasteiger partial charge is 0.492 e. The average molecular weight is 478 g/mol. The van der Waals surface area contributed by atoms with Gasteiger partial charge in [-0.15, -0.1) is 0 Å². The van der Waals surface area contributed by atoms with Crippen LogP contribution in [0.3, 0.4) is 0 Å². The van der Waals surface area contributed by atoms with Crippen LogP contribution in [0.15, 0.2) is 35.3 Å². The minimum Gasteiger partial charge on any atom is -0.492 e. The molecule has 0 saturated carbocycles. The maximum Gasteiger partial charge on any atom is 0.277 e. The molecule has 180 valence electrons. The molecule has 0 amide bonds. The smallest absolute Gasteiger partial charge is 0.277 e. The van der Waals surface area contributed by atoms with Crippen LogP contribution in [-0.2, 0) is 17.4 Å². The molecule has 3 heterocycles. The van der Waals surface area contributed by atoms with Gasteiger partial charge in [-0.25, -0.2) is 14.4 Å². The number of para-hydroxylation sites is 1. The number of hydrogen-bond acceptors (Lipinski definition) is 9. The number of nitriles is 1. The minimum absolute atomic E-state index is 0.000191. The lowest BCUT2D eigenvalue weighted by Crippen LogP contribution is -2.23. The van der Waals surface area contributed by atoms with Gasteiger partial charge in [0, 0.05) is 20.2 Å². The fourth-order valence-corrected chi connectivity index (χ4v) is 3.54. The molecule has 0 bridgehead atoms. The summed E-state index contributed by atoms with van der Waals surface area (Å²) in [6, 6.07) is 8.03. The second-order valence-electron chi connectivity index (χ2n) is 8.10. The van der Waals surface area contributed by atoms with Crippen molar-refractivity contribution in [2.75, 3.05) is 24.9 Å². The van der Waals surface area contributed by atoms with E-state index < -0.39 is 11.4 Å². The number of rotatable bonds is 7. The first-order chi connectivity index (χ1) is 16.7. The molecule has 0 saturated heterocycles. The number of aromatic nitrogens is 5. The van der Waals surface area contributed by atoms with E-state index in [2.05, 4.69) is 30.7 Å². The number of halogens is 1. The molecule has 4 rings (SSSR count). The van der Waals surface area contributed by atoms with E-state index in [1.807, 2.05) is 6.07 Å². The summed E-state index contributed by atoms with van der Waals surface area (Å²) < 4.78 is 26.1. The molecule has 0 unspecified atom stereocenters. The van der Waals surface area contributed by atoms with Crippen LogP contribution < -0.4 is 20.9 Å². The fraction of sp³-hybridized carbons (Fsp3) is 0.261. The highest BCUT2D eigenvalue weighted by atomic mass is 19.1. The number of aryl methyl sites for hydroxylation is 1. The van der Waals surface area contributed by atoms with Crippen LogP contribution >= 0.6 is 0 Å². The standard InChI is InChI=1S/C23H23FN8O3/c1-23(2,35-5)20-15(10-25)28-17(11-26-20)29-16-9-14(18-21(30-16)31-32(3)22(18)33)27-13-8-6-7-12(24)19(13)34-4/h6-9,11H,1-5H3,(H3,27,28,29,30,31). The molecule has 0 radical (unpaired) electrons. The van der Waals surface area contributed by atoms with Crippen LogP contribution in [0.4, 0.5) is 27.4 Å². The van der Waals surface area contributed by atoms with Crippen molar-refractivity contribution >= 4 is 34.0 Å². The third-order valence-corrected chi connectivity index (χ3v) is 5.47. The second-order valence-corrected chi connectivity index (χ2v) is 8.10. The summed E-state index contributed by atoms with van der Waals surface area (Å²) in [6.45, 7) is 3.57. The van der Waals surface area contributed by atoms with Gasteiger partial charge in [0.2, 0.25) is 0 Å². The quantitative estimate of drug-likeness (QED) is 0.364. The van der Waals surface area contributed by atoms with E-state index in [4.69, 9.17) is 9.47 Å². The lowest BCUT2D eigenvalue weighted by molar-refractivity contribution is 0.0149. The van der Waals surface area contributed by atoms with Gasteiger partial charge in [0.1, 0.15) is 28.6 Å². The molecule has 0 spiro atoms. The number of methoxy groups -OCH3 is 2. The molecule has 0 fully saturated rings. The molecule has 3 N–H and O–H groups in total. The summed E-state index contributed by atoms with van der Waals surface area (Å²) in [5.41, 5.74) is 0.322. The lowest BCUT2D eigenvalue weighted by atomic mass is 10.0. The molecular weight excluding hydrogens is 455 g/mol. The van der Waals surface area contributed by atoms with Crippen molar-refractivity contribution in [3.8, 4) is 11.8 Å². The number of hydrogen-bond donors (Lipinski definition) is 3. The number of fused-ring (bicyclic) bond motifs is 1. The van der Waals surface area contributed by atoms with Gasteiger partial charge in [-0.3, -0.25) is 19.6 Å². The Balaban J connectivity index is 1.79. The third kappa shape index (κ3) is 4.36. The van der Waals surface area contributed by atoms with Crippen LogP contribution in [0.1, 0.15) is 25.2 Å². The summed E-state index contributed by atoms with van der Waals surface area (Å²) in [5.74, 6) is 0.00693. The van der Waals surface area contributed by atoms with Crippen molar-refractivity contribution in [3.05, 3.63) is 58.0 Å². The Morgan fingerprint density at radius 2 is 1.94 bits per heavy atom. The van der Waals surface area contributed by atoms with Crippen molar-refractivity contribution in [1.29, 1.82) is 5.26 Å². The molecule has 4 aromatic rings. The van der Waals surface area contributed by atoms with Crippen LogP contribution in [0.5, 0.6) is 5.75 Å². The van der Waals surface area contributed by atoms with Crippen LogP contribution in [0.2, 0.25) is 0 Å². The van der Waals surface area contributed by atoms with E-state index in [1.54, 1.807) is 33.0 Å². The molecule has 35 heavy (non-hydrogen) atoms. The normalized spacial score (nSPS) is 11.3. The summed E-state index contributed by atoms with van der Waals surface area (Å²) in [7, 11) is 4.44. The number of nitrogens with one attached hydrogen (secondary N) is 3. The Kier molecular flexibility index (Phi) is 6.10. The number of nitrogens with zero attached hydrogens (tertiary/aromatic N) is 5. The molecule has 0 aliphatic carbocycles. The number of H-pyrrole nitrogens is 1. The Morgan fingerprint density at radius 3 is 2.63 bits per heavy atom. The van der Waals surface area contributed by atoms with Crippen LogP contribution in [0, 0.1) is 17.1 Å². The Labute approximate surface area is 199 Å². The highest BCUT2D eigenvalue weighted by Gasteiger charge is 2.26. The molecule has 1 aromatic carbocycles. The van der Waals surface area contributed by atoms with Gasteiger partial charge in [-0.05, 0) is 26.0 Å². The summed E-state index contributed by atoms with van der Waals surface area (Å²) in [5, 5.41) is 18.8. The topological polar surface area (TPSA) is 143 Å². The lowest BCUT2D eigenvalue weighted by Gasteiger charge is -2.22. The molecule has 0 atom stereocenters. The first-order valence-corrected chi connectivity index (χ1v) is 10.5. The number of pyridine rings is 1. The summed E-state index contributed by atoms with van der Waals surface area (Å²) in [6.07, 6.45) is 1.46. The molecular formula is C23H23FN8O3. The zero-order valence-electron chi connectivity index (χ0n) is 19.7. The Morgan fingerprint density at radius 1 is 1.17 bits per heavy atom. The Bertz CT molecular complexity index is 1520. The van der Waals surface area contributed by atoms with Crippen molar-refractivity contribution in [1.82, 2.24) is 24.7 Å². The van der Waals surface area contributed by atoms with Gasteiger partial charge in [-0.1, -0.05) is 6.07 Å².